The Morgan fingerprint density at radius 2 is 2.08 bits per heavy atom. The molecular weight excluding hydrogens is 336 g/mol. The summed E-state index contributed by atoms with van der Waals surface area (Å²) in [5.41, 5.74) is 6.33. The van der Waals surface area contributed by atoms with Gasteiger partial charge in [-0.25, -0.2) is 10.9 Å². The van der Waals surface area contributed by atoms with E-state index in [1.54, 1.807) is 0 Å². The third-order valence-corrected chi connectivity index (χ3v) is 5.67. The van der Waals surface area contributed by atoms with Crippen molar-refractivity contribution >= 4 is 11.9 Å². The molecular formula is C17H28N6O3. The maximum atomic E-state index is 12.7. The van der Waals surface area contributed by atoms with Crippen LogP contribution in [0.15, 0.2) is 0 Å². The number of hydrazine groups is 1. The molecule has 0 aromatic heterocycles. The molecule has 5 unspecified atom stereocenters. The minimum Gasteiger partial charge on any atom is -0.469 e. The smallest absolute Gasteiger partial charge is 0.310 e. The number of amides is 1. The van der Waals surface area contributed by atoms with E-state index < -0.39 is 0 Å². The number of hydrogen-bond acceptors (Lipinski definition) is 8. The summed E-state index contributed by atoms with van der Waals surface area (Å²) in [5.74, 6) is -0.963. The van der Waals surface area contributed by atoms with Crippen molar-refractivity contribution in [2.24, 2.45) is 11.8 Å². The van der Waals surface area contributed by atoms with Crippen LogP contribution >= 0.6 is 0 Å². The Kier molecular flexibility index (Phi) is 6.43. The average molecular weight is 364 g/mol. The minimum absolute atomic E-state index is 0.131. The highest BCUT2D eigenvalue weighted by atomic mass is 16.5. The molecule has 0 radical (unpaired) electrons. The van der Waals surface area contributed by atoms with Gasteiger partial charge in [-0.3, -0.25) is 14.5 Å². The van der Waals surface area contributed by atoms with Gasteiger partial charge in [-0.2, -0.15) is 5.26 Å². The highest BCUT2D eigenvalue weighted by Gasteiger charge is 2.38. The van der Waals surface area contributed by atoms with E-state index in [0.717, 1.165) is 32.6 Å². The molecule has 3 fully saturated rings. The first-order valence-corrected chi connectivity index (χ1v) is 9.36. The largest absolute Gasteiger partial charge is 0.469 e. The van der Waals surface area contributed by atoms with E-state index in [4.69, 9.17) is 4.74 Å². The maximum Gasteiger partial charge on any atom is 0.310 e. The Bertz CT molecular complexity index is 551. The summed E-state index contributed by atoms with van der Waals surface area (Å²) in [5, 5.41) is 15.5. The van der Waals surface area contributed by atoms with Crippen LogP contribution in [0.5, 0.6) is 0 Å². The number of ether oxygens (including phenoxy) is 1. The van der Waals surface area contributed by atoms with Gasteiger partial charge in [0.25, 0.3) is 0 Å². The van der Waals surface area contributed by atoms with Crippen LogP contribution in [0.2, 0.25) is 0 Å². The lowest BCUT2D eigenvalue weighted by atomic mass is 9.78. The second-order valence-electron chi connectivity index (χ2n) is 7.29. The van der Waals surface area contributed by atoms with Crippen LogP contribution in [0.25, 0.3) is 0 Å². The zero-order valence-electron chi connectivity index (χ0n) is 15.2. The lowest BCUT2D eigenvalue weighted by Crippen LogP contribution is -2.62. The lowest BCUT2D eigenvalue weighted by molar-refractivity contribution is -0.148. The van der Waals surface area contributed by atoms with Crippen LogP contribution in [0.3, 0.4) is 0 Å². The van der Waals surface area contributed by atoms with Gasteiger partial charge >= 0.3 is 5.97 Å². The van der Waals surface area contributed by atoms with E-state index >= 15 is 0 Å². The number of hydrogen-bond donors (Lipinski definition) is 4. The van der Waals surface area contributed by atoms with Crippen molar-refractivity contribution in [3.8, 4) is 6.07 Å². The Morgan fingerprint density at radius 1 is 1.23 bits per heavy atom. The molecule has 4 N–H and O–H groups in total. The lowest BCUT2D eigenvalue weighted by Gasteiger charge is -2.37. The number of carbonyl (C=O) groups is 2. The standard InChI is InChI=1S/C17H28N6O3/c1-26-17(25)12-3-2-11(9-18)8-14(12)20-16(24)13-4-5-15(22-21-13)23-7-6-19-10-23/h11-15,19,21-22H,2-8,10H2,1H3,(H,20,24). The van der Waals surface area contributed by atoms with Crippen molar-refractivity contribution in [1.29, 1.82) is 5.26 Å². The molecule has 1 saturated carbocycles. The SMILES string of the molecule is COC(=O)C1CCC(C#N)CC1NC(=O)C1CCC(N2CCNC2)NN1. The molecule has 144 valence electrons. The molecule has 2 aliphatic heterocycles. The van der Waals surface area contributed by atoms with E-state index in [1.807, 2.05) is 0 Å². The Hall–Kier alpha value is -1.73. The van der Waals surface area contributed by atoms with Crippen LogP contribution in [0.1, 0.15) is 32.1 Å². The van der Waals surface area contributed by atoms with E-state index in [0.29, 0.717) is 19.3 Å². The van der Waals surface area contributed by atoms with Crippen molar-refractivity contribution in [2.45, 2.75) is 50.4 Å². The number of esters is 1. The molecule has 5 atom stereocenters. The van der Waals surface area contributed by atoms with Crippen LogP contribution in [-0.2, 0) is 14.3 Å². The number of nitrogens with zero attached hydrogens (tertiary/aromatic N) is 2. The second kappa shape index (κ2) is 8.77. The fraction of sp³-hybridized carbons (Fsp3) is 0.824. The van der Waals surface area contributed by atoms with Crippen LogP contribution in [-0.4, -0.2) is 61.9 Å². The monoisotopic (exact) mass is 364 g/mol. The Labute approximate surface area is 153 Å². The summed E-state index contributed by atoms with van der Waals surface area (Å²) in [6.45, 7) is 2.84. The van der Waals surface area contributed by atoms with Crippen molar-refractivity contribution < 1.29 is 14.3 Å². The molecule has 0 aromatic carbocycles. The number of rotatable bonds is 4. The molecule has 3 aliphatic rings. The van der Waals surface area contributed by atoms with Gasteiger partial charge in [0, 0.05) is 31.7 Å². The highest BCUT2D eigenvalue weighted by molar-refractivity contribution is 5.83. The predicted octanol–water partition coefficient (Wildman–Crippen LogP) is -0.971. The number of nitriles is 1. The van der Waals surface area contributed by atoms with Gasteiger partial charge in [0.2, 0.25) is 5.91 Å². The first-order chi connectivity index (χ1) is 12.6. The average Bonchev–Trinajstić information content (AvgIpc) is 3.22. The van der Waals surface area contributed by atoms with Crippen molar-refractivity contribution in [3.05, 3.63) is 0 Å². The molecule has 1 aliphatic carbocycles. The summed E-state index contributed by atoms with van der Waals surface area (Å²) in [6, 6.07) is 1.56. The molecule has 1 amide bonds. The normalized spacial score (nSPS) is 35.5. The Morgan fingerprint density at radius 3 is 2.69 bits per heavy atom. The summed E-state index contributed by atoms with van der Waals surface area (Å²) in [4.78, 5) is 27.0. The van der Waals surface area contributed by atoms with Gasteiger partial charge in [0.05, 0.1) is 25.3 Å². The summed E-state index contributed by atoms with van der Waals surface area (Å²) < 4.78 is 4.87. The summed E-state index contributed by atoms with van der Waals surface area (Å²) >= 11 is 0. The molecule has 0 spiro atoms. The van der Waals surface area contributed by atoms with Crippen LogP contribution in [0, 0.1) is 23.2 Å². The van der Waals surface area contributed by atoms with E-state index in [2.05, 4.69) is 32.5 Å². The van der Waals surface area contributed by atoms with Crippen molar-refractivity contribution in [3.63, 3.8) is 0 Å². The highest BCUT2D eigenvalue weighted by Crippen LogP contribution is 2.30. The quantitative estimate of drug-likeness (QED) is 0.471. The Balaban J connectivity index is 1.53. The summed E-state index contributed by atoms with van der Waals surface area (Å²) in [6.07, 6.45) is 3.53. The van der Waals surface area contributed by atoms with Gasteiger partial charge < -0.3 is 15.4 Å². The third kappa shape index (κ3) is 4.32. The molecule has 9 heteroatoms. The first-order valence-electron chi connectivity index (χ1n) is 9.36. The van der Waals surface area contributed by atoms with Gasteiger partial charge in [-0.1, -0.05) is 0 Å². The topological polar surface area (TPSA) is 119 Å². The number of nitrogens with one attached hydrogen (secondary N) is 4. The fourth-order valence-electron chi connectivity index (χ4n) is 4.09. The summed E-state index contributed by atoms with van der Waals surface area (Å²) in [7, 11) is 1.36. The zero-order chi connectivity index (χ0) is 18.5. The molecule has 0 bridgehead atoms. The van der Waals surface area contributed by atoms with E-state index in [1.165, 1.54) is 7.11 Å². The first kappa shape index (κ1) is 19.0. The molecule has 2 heterocycles. The minimum atomic E-state index is -0.381. The predicted molar refractivity (Wildman–Crippen MR) is 93.0 cm³/mol. The van der Waals surface area contributed by atoms with Crippen molar-refractivity contribution in [2.75, 3.05) is 26.9 Å². The van der Waals surface area contributed by atoms with Crippen molar-refractivity contribution in [1.82, 2.24) is 26.4 Å². The molecule has 26 heavy (non-hydrogen) atoms. The molecule has 0 aromatic rings. The van der Waals surface area contributed by atoms with E-state index in [9.17, 15) is 14.9 Å². The second-order valence-corrected chi connectivity index (χ2v) is 7.29. The number of methoxy groups -OCH3 is 1. The maximum absolute atomic E-state index is 12.7. The molecule has 2 saturated heterocycles. The van der Waals surface area contributed by atoms with Crippen LogP contribution < -0.4 is 21.5 Å². The van der Waals surface area contributed by atoms with E-state index in [-0.39, 0.29) is 42.0 Å². The number of carbonyl (C=O) groups excluding carboxylic acids is 2. The van der Waals surface area contributed by atoms with Gasteiger partial charge in [0.1, 0.15) is 6.04 Å². The molecule has 3 rings (SSSR count). The van der Waals surface area contributed by atoms with Gasteiger partial charge in [0.15, 0.2) is 0 Å². The van der Waals surface area contributed by atoms with Gasteiger partial charge in [-0.15, -0.1) is 0 Å². The van der Waals surface area contributed by atoms with Crippen LogP contribution in [0.4, 0.5) is 0 Å². The zero-order valence-corrected chi connectivity index (χ0v) is 15.2. The molecule has 9 nitrogen and oxygen atoms in total. The van der Waals surface area contributed by atoms with Gasteiger partial charge in [-0.05, 0) is 32.1 Å². The fourth-order valence-corrected chi connectivity index (χ4v) is 4.09. The third-order valence-electron chi connectivity index (χ3n) is 5.67.